The Morgan fingerprint density at radius 3 is 2.71 bits per heavy atom. The summed E-state index contributed by atoms with van der Waals surface area (Å²) in [6.07, 6.45) is -0.358. The number of nitrogens with zero attached hydrogens (tertiary/aromatic N) is 2. The first-order valence-electron chi connectivity index (χ1n) is 13.9. The van der Waals surface area contributed by atoms with E-state index in [2.05, 4.69) is 20.8 Å². The Balaban J connectivity index is 1.23. The zero-order chi connectivity index (χ0) is 28.7. The van der Waals surface area contributed by atoms with E-state index < -0.39 is 42.4 Å². The third kappa shape index (κ3) is 5.30. The lowest BCUT2D eigenvalue weighted by Gasteiger charge is -2.42. The Kier molecular flexibility index (Phi) is 7.23. The summed E-state index contributed by atoms with van der Waals surface area (Å²) >= 11 is 0. The molecule has 2 aromatic carbocycles. The molecule has 216 valence electrons. The number of aromatic amines is 1. The number of hydrogen-bond donors (Lipinski definition) is 3. The second kappa shape index (κ2) is 10.8. The molecule has 11 heteroatoms. The number of carbonyl (C=O) groups excluding carboxylic acids is 2. The van der Waals surface area contributed by atoms with Crippen molar-refractivity contribution in [2.75, 3.05) is 25.6 Å². The summed E-state index contributed by atoms with van der Waals surface area (Å²) < 4.78 is 48.2. The van der Waals surface area contributed by atoms with Crippen LogP contribution in [-0.4, -0.2) is 65.2 Å². The normalized spacial score (nSPS) is 26.5. The van der Waals surface area contributed by atoms with Gasteiger partial charge in [-0.3, -0.25) is 14.7 Å². The number of anilines is 1. The largest absolute Gasteiger partial charge is 0.383 e. The van der Waals surface area contributed by atoms with E-state index in [4.69, 9.17) is 4.74 Å². The van der Waals surface area contributed by atoms with Gasteiger partial charge in [0.25, 0.3) is 5.91 Å². The Labute approximate surface area is 235 Å². The average Bonchev–Trinajstić information content (AvgIpc) is 3.63. The number of halogens is 3. The summed E-state index contributed by atoms with van der Waals surface area (Å²) in [5.74, 6) is -5.31. The number of benzene rings is 2. The van der Waals surface area contributed by atoms with Crippen LogP contribution in [0.25, 0.3) is 11.3 Å². The Bertz CT molecular complexity index is 1430. The maximum atomic E-state index is 14.7. The fourth-order valence-corrected chi connectivity index (χ4v) is 6.65. The number of hydrogen-bond acceptors (Lipinski definition) is 5. The summed E-state index contributed by atoms with van der Waals surface area (Å²) in [5, 5.41) is 13.2. The van der Waals surface area contributed by atoms with Crippen molar-refractivity contribution >= 4 is 17.5 Å². The zero-order valence-corrected chi connectivity index (χ0v) is 22.6. The lowest BCUT2D eigenvalue weighted by atomic mass is 9.79. The summed E-state index contributed by atoms with van der Waals surface area (Å²) in [6.45, 7) is 0.899. The molecular formula is C30H32F3N5O3. The van der Waals surface area contributed by atoms with Gasteiger partial charge in [-0.1, -0.05) is 18.2 Å². The number of amides is 2. The fourth-order valence-electron chi connectivity index (χ4n) is 6.65. The molecule has 2 fully saturated rings. The number of H-pyrrole nitrogens is 1. The van der Waals surface area contributed by atoms with Crippen LogP contribution >= 0.6 is 0 Å². The first-order valence-corrected chi connectivity index (χ1v) is 13.9. The number of nitrogens with one attached hydrogen (secondary N) is 3. The lowest BCUT2D eigenvalue weighted by Crippen LogP contribution is -2.53. The van der Waals surface area contributed by atoms with Gasteiger partial charge < -0.3 is 20.3 Å². The molecule has 3 N–H and O–H groups in total. The predicted molar refractivity (Wildman–Crippen MR) is 146 cm³/mol. The first kappa shape index (κ1) is 27.3. The highest BCUT2D eigenvalue weighted by atomic mass is 19.3. The van der Waals surface area contributed by atoms with Gasteiger partial charge in [-0.2, -0.15) is 5.10 Å². The van der Waals surface area contributed by atoms with Crippen molar-refractivity contribution in [1.29, 1.82) is 0 Å². The second-order valence-electron chi connectivity index (χ2n) is 11.2. The molecule has 1 aliphatic carbocycles. The quantitative estimate of drug-likeness (QED) is 0.398. The number of fused-ring (bicyclic) bond motifs is 3. The molecule has 3 aliphatic rings. The molecule has 1 saturated heterocycles. The Morgan fingerprint density at radius 1 is 1.15 bits per heavy atom. The van der Waals surface area contributed by atoms with E-state index in [9.17, 15) is 22.8 Å². The van der Waals surface area contributed by atoms with Crippen molar-refractivity contribution in [3.05, 3.63) is 71.7 Å². The SMILES string of the molecule is COC[C@@H]1Nc2ccccc2[C@H]2[C@@H]1CCN2C(=O)[C@H]1CC(F)(F)CC[C@H]1NC(=O)c1cc(-c2ccc(F)cc2)n[nH]1. The predicted octanol–water partition coefficient (Wildman–Crippen LogP) is 4.78. The molecule has 8 nitrogen and oxygen atoms in total. The van der Waals surface area contributed by atoms with Crippen molar-refractivity contribution in [3.8, 4) is 11.3 Å². The van der Waals surface area contributed by atoms with Gasteiger partial charge >= 0.3 is 0 Å². The molecule has 0 unspecified atom stereocenters. The monoisotopic (exact) mass is 567 g/mol. The first-order chi connectivity index (χ1) is 19.7. The molecule has 6 rings (SSSR count). The number of likely N-dealkylation sites (tertiary alicyclic amines) is 1. The molecule has 0 spiro atoms. The van der Waals surface area contributed by atoms with Gasteiger partial charge in [-0.05, 0) is 54.8 Å². The van der Waals surface area contributed by atoms with Gasteiger partial charge in [0.05, 0.1) is 30.3 Å². The summed E-state index contributed by atoms with van der Waals surface area (Å²) in [4.78, 5) is 29.0. The molecule has 2 aliphatic heterocycles. The molecule has 1 aromatic heterocycles. The van der Waals surface area contributed by atoms with Crippen molar-refractivity contribution in [1.82, 2.24) is 20.4 Å². The number of para-hydroxylation sites is 1. The average molecular weight is 568 g/mol. The number of carbonyl (C=O) groups is 2. The highest BCUT2D eigenvalue weighted by Crippen LogP contribution is 2.48. The zero-order valence-electron chi connectivity index (χ0n) is 22.6. The molecule has 0 radical (unpaired) electrons. The molecule has 1 saturated carbocycles. The lowest BCUT2D eigenvalue weighted by molar-refractivity contribution is -0.146. The topological polar surface area (TPSA) is 99.3 Å². The molecule has 5 atom stereocenters. The smallest absolute Gasteiger partial charge is 0.269 e. The molecule has 2 amide bonds. The third-order valence-corrected chi connectivity index (χ3v) is 8.63. The van der Waals surface area contributed by atoms with Crippen LogP contribution in [0.3, 0.4) is 0 Å². The van der Waals surface area contributed by atoms with Crippen LogP contribution in [0.4, 0.5) is 18.9 Å². The van der Waals surface area contributed by atoms with E-state index in [1.165, 1.54) is 18.2 Å². The summed E-state index contributed by atoms with van der Waals surface area (Å²) in [6, 6.07) is 13.9. The minimum absolute atomic E-state index is 0.0170. The molecule has 0 bridgehead atoms. The van der Waals surface area contributed by atoms with Crippen LogP contribution in [0.15, 0.2) is 54.6 Å². The number of rotatable bonds is 6. The minimum Gasteiger partial charge on any atom is -0.383 e. The van der Waals surface area contributed by atoms with Crippen LogP contribution in [0, 0.1) is 17.7 Å². The van der Waals surface area contributed by atoms with E-state index in [0.717, 1.165) is 11.3 Å². The van der Waals surface area contributed by atoms with Crippen molar-refractivity contribution < 1.29 is 27.5 Å². The van der Waals surface area contributed by atoms with E-state index in [1.54, 1.807) is 24.1 Å². The van der Waals surface area contributed by atoms with E-state index >= 15 is 0 Å². The van der Waals surface area contributed by atoms with Crippen LogP contribution in [0.2, 0.25) is 0 Å². The standard InChI is InChI=1S/C30H32F3N5O3/c1-41-16-26-20-11-13-38(27(20)19-4-2-3-5-22(19)34-26)29(40)21-15-30(32,33)12-10-23(21)35-28(39)25-14-24(36-37-25)17-6-8-18(31)9-7-17/h2-9,14,20-21,23,26-27,34H,10-13,15-16H2,1H3,(H,35,39)(H,36,37)/t20-,21+,23-,26+,27+/m1/s1. The van der Waals surface area contributed by atoms with E-state index in [0.29, 0.717) is 30.8 Å². The van der Waals surface area contributed by atoms with Crippen molar-refractivity contribution in [3.63, 3.8) is 0 Å². The maximum Gasteiger partial charge on any atom is 0.269 e. The molecule has 3 aromatic rings. The van der Waals surface area contributed by atoms with Gasteiger partial charge in [0.15, 0.2) is 0 Å². The number of alkyl halides is 2. The fraction of sp³-hybridized carbons (Fsp3) is 0.433. The summed E-state index contributed by atoms with van der Waals surface area (Å²) in [7, 11) is 1.63. The van der Waals surface area contributed by atoms with Gasteiger partial charge in [0, 0.05) is 49.7 Å². The maximum absolute atomic E-state index is 14.7. The second-order valence-corrected chi connectivity index (χ2v) is 11.2. The molecule has 3 heterocycles. The van der Waals surface area contributed by atoms with Crippen molar-refractivity contribution in [2.45, 2.75) is 49.7 Å². The van der Waals surface area contributed by atoms with Crippen molar-refractivity contribution in [2.24, 2.45) is 11.8 Å². The van der Waals surface area contributed by atoms with Crippen LogP contribution < -0.4 is 10.6 Å². The van der Waals surface area contributed by atoms with E-state index in [-0.39, 0.29) is 36.0 Å². The van der Waals surface area contributed by atoms with Crippen LogP contribution in [-0.2, 0) is 9.53 Å². The third-order valence-electron chi connectivity index (χ3n) is 8.63. The molecule has 41 heavy (non-hydrogen) atoms. The van der Waals surface area contributed by atoms with Gasteiger partial charge in [0.1, 0.15) is 11.5 Å². The van der Waals surface area contributed by atoms with Crippen LogP contribution in [0.5, 0.6) is 0 Å². The number of methoxy groups -OCH3 is 1. The summed E-state index contributed by atoms with van der Waals surface area (Å²) in [5.41, 5.74) is 3.06. The Hall–Kier alpha value is -3.86. The van der Waals surface area contributed by atoms with Gasteiger partial charge in [0.2, 0.25) is 11.8 Å². The van der Waals surface area contributed by atoms with Gasteiger partial charge in [-0.15, -0.1) is 0 Å². The number of aromatic nitrogens is 2. The number of ether oxygens (including phenoxy) is 1. The van der Waals surface area contributed by atoms with E-state index in [1.807, 2.05) is 24.3 Å². The van der Waals surface area contributed by atoms with Crippen LogP contribution in [0.1, 0.15) is 47.8 Å². The van der Waals surface area contributed by atoms with Gasteiger partial charge in [-0.25, -0.2) is 13.2 Å². The molecular weight excluding hydrogens is 535 g/mol. The highest BCUT2D eigenvalue weighted by Gasteiger charge is 2.51. The highest BCUT2D eigenvalue weighted by molar-refractivity contribution is 5.94. The minimum atomic E-state index is -3.00. The Morgan fingerprint density at radius 2 is 1.93 bits per heavy atom.